The lowest BCUT2D eigenvalue weighted by Crippen LogP contribution is -2.35. The lowest BCUT2D eigenvalue weighted by Gasteiger charge is -2.22. The minimum Gasteiger partial charge on any atom is -0.452 e. The number of esters is 1. The first-order valence-electron chi connectivity index (χ1n) is 9.43. The monoisotopic (exact) mass is 417 g/mol. The zero-order valence-electron chi connectivity index (χ0n) is 17.3. The van der Waals surface area contributed by atoms with Crippen molar-refractivity contribution in [2.75, 3.05) is 19.4 Å². The van der Waals surface area contributed by atoms with Gasteiger partial charge in [0.05, 0.1) is 10.5 Å². The van der Waals surface area contributed by atoms with Gasteiger partial charge in [-0.1, -0.05) is 42.8 Å². The van der Waals surface area contributed by atoms with Crippen LogP contribution in [0.5, 0.6) is 0 Å². The summed E-state index contributed by atoms with van der Waals surface area (Å²) in [4.78, 5) is 26.7. The number of rotatable bonds is 8. The second kappa shape index (κ2) is 9.69. The number of nitrogens with zero attached hydrogens (tertiary/aromatic N) is 1. The molecule has 0 aromatic heterocycles. The van der Waals surface area contributed by atoms with Gasteiger partial charge in [-0.15, -0.1) is 0 Å². The molecule has 2 aromatic rings. The number of aryl methyl sites for hydroxylation is 2. The summed E-state index contributed by atoms with van der Waals surface area (Å²) in [5.74, 6) is -1.01. The van der Waals surface area contributed by atoms with E-state index in [1.54, 1.807) is 17.9 Å². The predicted octanol–water partition coefficient (Wildman–Crippen LogP) is 3.30. The first kappa shape index (κ1) is 22.6. The maximum atomic E-state index is 12.6. The van der Waals surface area contributed by atoms with Crippen LogP contribution in [0.15, 0.2) is 47.4 Å². The van der Waals surface area contributed by atoms with Gasteiger partial charge in [-0.2, -0.15) is 0 Å². The molecule has 0 saturated carbocycles. The number of amides is 1. The molecule has 0 N–H and O–H groups in total. The topological polar surface area (TPSA) is 80.8 Å². The standard InChI is InChI=1S/C22H27NO5S/c1-5-12-23(14-18-9-6-16(2)7-10-18)21(24)15-28-22(25)20-13-19(29(4,26)27)11-8-17(20)3/h6-11,13H,5,12,14-15H2,1-4H3. The van der Waals surface area contributed by atoms with Crippen molar-refractivity contribution in [3.05, 3.63) is 64.7 Å². The molecule has 0 radical (unpaired) electrons. The van der Waals surface area contributed by atoms with Crippen LogP contribution in [0.2, 0.25) is 0 Å². The Morgan fingerprint density at radius 3 is 2.28 bits per heavy atom. The van der Waals surface area contributed by atoms with E-state index in [-0.39, 0.29) is 16.4 Å². The molecule has 0 fully saturated rings. The number of ether oxygens (including phenoxy) is 1. The van der Waals surface area contributed by atoms with Crippen LogP contribution in [0.25, 0.3) is 0 Å². The fraction of sp³-hybridized carbons (Fsp3) is 0.364. The number of sulfone groups is 1. The molecule has 1 amide bonds. The SMILES string of the molecule is CCCN(Cc1ccc(C)cc1)C(=O)COC(=O)c1cc(S(C)(=O)=O)ccc1C. The van der Waals surface area contributed by atoms with E-state index in [4.69, 9.17) is 4.74 Å². The first-order chi connectivity index (χ1) is 13.6. The summed E-state index contributed by atoms with van der Waals surface area (Å²) in [6.07, 6.45) is 1.85. The molecular weight excluding hydrogens is 390 g/mol. The van der Waals surface area contributed by atoms with E-state index >= 15 is 0 Å². The first-order valence-corrected chi connectivity index (χ1v) is 11.3. The van der Waals surface area contributed by atoms with E-state index in [1.807, 2.05) is 38.1 Å². The van der Waals surface area contributed by atoms with Gasteiger partial charge in [0.2, 0.25) is 0 Å². The van der Waals surface area contributed by atoms with Crippen molar-refractivity contribution in [3.63, 3.8) is 0 Å². The average molecular weight is 418 g/mol. The third kappa shape index (κ3) is 6.42. The van der Waals surface area contributed by atoms with Crippen molar-refractivity contribution >= 4 is 21.7 Å². The Hall–Kier alpha value is -2.67. The van der Waals surface area contributed by atoms with Gasteiger partial charge in [0.1, 0.15) is 0 Å². The van der Waals surface area contributed by atoms with Crippen LogP contribution in [-0.4, -0.2) is 44.6 Å². The molecular formula is C22H27NO5S. The molecule has 2 aromatic carbocycles. The Labute approximate surface area is 172 Å². The molecule has 29 heavy (non-hydrogen) atoms. The molecule has 0 bridgehead atoms. The van der Waals surface area contributed by atoms with Gasteiger partial charge in [-0.3, -0.25) is 4.79 Å². The van der Waals surface area contributed by atoms with E-state index < -0.39 is 22.4 Å². The molecule has 0 saturated heterocycles. The minimum atomic E-state index is -3.45. The predicted molar refractivity (Wildman–Crippen MR) is 111 cm³/mol. The van der Waals surface area contributed by atoms with Crippen LogP contribution in [0.1, 0.15) is 40.4 Å². The van der Waals surface area contributed by atoms with Crippen LogP contribution >= 0.6 is 0 Å². The van der Waals surface area contributed by atoms with Gasteiger partial charge < -0.3 is 9.64 Å². The van der Waals surface area contributed by atoms with E-state index in [2.05, 4.69) is 0 Å². The van der Waals surface area contributed by atoms with Crippen molar-refractivity contribution in [3.8, 4) is 0 Å². The highest BCUT2D eigenvalue weighted by Crippen LogP contribution is 2.17. The molecule has 0 aliphatic heterocycles. The Morgan fingerprint density at radius 2 is 1.69 bits per heavy atom. The summed E-state index contributed by atoms with van der Waals surface area (Å²) < 4.78 is 28.7. The number of hydrogen-bond acceptors (Lipinski definition) is 5. The second-order valence-corrected chi connectivity index (χ2v) is 9.14. The van der Waals surface area contributed by atoms with Crippen LogP contribution in [0, 0.1) is 13.8 Å². The average Bonchev–Trinajstić information content (AvgIpc) is 2.66. The van der Waals surface area contributed by atoms with E-state index in [0.29, 0.717) is 18.7 Å². The largest absolute Gasteiger partial charge is 0.452 e. The molecule has 0 unspecified atom stereocenters. The summed E-state index contributed by atoms with van der Waals surface area (Å²) in [7, 11) is -3.45. The van der Waals surface area contributed by atoms with Crippen molar-refractivity contribution in [1.82, 2.24) is 4.90 Å². The fourth-order valence-corrected chi connectivity index (χ4v) is 3.47. The molecule has 156 valence electrons. The summed E-state index contributed by atoms with van der Waals surface area (Å²) in [6, 6.07) is 12.2. The third-order valence-electron chi connectivity index (χ3n) is 4.52. The fourth-order valence-electron chi connectivity index (χ4n) is 2.82. The highest BCUT2D eigenvalue weighted by Gasteiger charge is 2.19. The highest BCUT2D eigenvalue weighted by molar-refractivity contribution is 7.90. The van der Waals surface area contributed by atoms with Gasteiger partial charge >= 0.3 is 5.97 Å². The number of carbonyl (C=O) groups is 2. The quantitative estimate of drug-likeness (QED) is 0.616. The van der Waals surface area contributed by atoms with Crippen LogP contribution < -0.4 is 0 Å². The van der Waals surface area contributed by atoms with E-state index in [0.717, 1.165) is 23.8 Å². The number of carbonyl (C=O) groups excluding carboxylic acids is 2. The highest BCUT2D eigenvalue weighted by atomic mass is 32.2. The van der Waals surface area contributed by atoms with Crippen molar-refractivity contribution in [2.45, 2.75) is 38.6 Å². The second-order valence-electron chi connectivity index (χ2n) is 7.13. The number of benzene rings is 2. The lowest BCUT2D eigenvalue weighted by atomic mass is 10.1. The van der Waals surface area contributed by atoms with Crippen LogP contribution in [-0.2, 0) is 25.9 Å². The van der Waals surface area contributed by atoms with Gasteiger partial charge in [-0.25, -0.2) is 13.2 Å². The molecule has 0 aliphatic carbocycles. The molecule has 6 nitrogen and oxygen atoms in total. The Kier molecular flexibility index (Phi) is 7.56. The van der Waals surface area contributed by atoms with Gasteiger partial charge in [0.15, 0.2) is 16.4 Å². The molecule has 0 spiro atoms. The number of hydrogen-bond donors (Lipinski definition) is 0. The Bertz CT molecular complexity index is 981. The van der Waals surface area contributed by atoms with Crippen molar-refractivity contribution < 1.29 is 22.7 Å². The van der Waals surface area contributed by atoms with E-state index in [9.17, 15) is 18.0 Å². The minimum absolute atomic E-state index is 0.0355. The summed E-state index contributed by atoms with van der Waals surface area (Å²) in [6.45, 7) is 6.25. The van der Waals surface area contributed by atoms with Gasteiger partial charge in [0.25, 0.3) is 5.91 Å². The maximum Gasteiger partial charge on any atom is 0.338 e. The van der Waals surface area contributed by atoms with Gasteiger partial charge in [-0.05, 0) is 43.5 Å². The van der Waals surface area contributed by atoms with Crippen molar-refractivity contribution in [1.29, 1.82) is 0 Å². The molecule has 0 atom stereocenters. The van der Waals surface area contributed by atoms with Crippen LogP contribution in [0.4, 0.5) is 0 Å². The van der Waals surface area contributed by atoms with Crippen LogP contribution in [0.3, 0.4) is 0 Å². The summed E-state index contributed by atoms with van der Waals surface area (Å²) in [5, 5.41) is 0. The van der Waals surface area contributed by atoms with Crippen molar-refractivity contribution in [2.24, 2.45) is 0 Å². The molecule has 2 rings (SSSR count). The summed E-state index contributed by atoms with van der Waals surface area (Å²) in [5.41, 5.74) is 2.87. The zero-order valence-corrected chi connectivity index (χ0v) is 18.1. The molecule has 7 heteroatoms. The third-order valence-corrected chi connectivity index (χ3v) is 5.63. The zero-order chi connectivity index (χ0) is 21.6. The normalized spacial score (nSPS) is 11.2. The Morgan fingerprint density at radius 1 is 1.03 bits per heavy atom. The molecule has 0 aliphatic rings. The smallest absolute Gasteiger partial charge is 0.338 e. The summed E-state index contributed by atoms with van der Waals surface area (Å²) >= 11 is 0. The lowest BCUT2D eigenvalue weighted by molar-refractivity contribution is -0.135. The Balaban J connectivity index is 2.07. The van der Waals surface area contributed by atoms with E-state index in [1.165, 1.54) is 12.1 Å². The van der Waals surface area contributed by atoms with Gasteiger partial charge in [0, 0.05) is 19.3 Å². The molecule has 0 heterocycles. The maximum absolute atomic E-state index is 12.6.